The van der Waals surface area contributed by atoms with E-state index < -0.39 is 12.1 Å². The van der Waals surface area contributed by atoms with Gasteiger partial charge in [-0.2, -0.15) is 0 Å². The molecule has 0 spiro atoms. The Morgan fingerprint density at radius 2 is 2.06 bits per heavy atom. The predicted molar refractivity (Wildman–Crippen MR) is 112 cm³/mol. The van der Waals surface area contributed by atoms with Gasteiger partial charge in [-0.1, -0.05) is 32.0 Å². The number of likely N-dealkylation sites (tertiary alicyclic amines) is 1. The predicted octanol–water partition coefficient (Wildman–Crippen LogP) is 0.758. The van der Waals surface area contributed by atoms with E-state index in [-0.39, 0.29) is 53.9 Å². The molecule has 3 amide bonds. The van der Waals surface area contributed by atoms with E-state index in [0.717, 1.165) is 0 Å². The number of rotatable bonds is 8. The molecule has 0 radical (unpaired) electrons. The Labute approximate surface area is 181 Å². The fourth-order valence-electron chi connectivity index (χ4n) is 5.18. The second kappa shape index (κ2) is 8.32. The van der Waals surface area contributed by atoms with Gasteiger partial charge in [0.15, 0.2) is 6.61 Å². The van der Waals surface area contributed by atoms with E-state index >= 15 is 0 Å². The molecule has 1 aromatic carbocycles. The lowest BCUT2D eigenvalue weighted by atomic mass is 9.97. The number of carbonyl (C=O) groups is 4. The summed E-state index contributed by atoms with van der Waals surface area (Å²) >= 11 is 0. The molecule has 3 fully saturated rings. The summed E-state index contributed by atoms with van der Waals surface area (Å²) in [7, 11) is 0. The minimum Gasteiger partial charge on any atom is -0.484 e. The summed E-state index contributed by atoms with van der Waals surface area (Å²) in [5, 5.41) is 5.54. The molecule has 2 aliphatic heterocycles. The van der Waals surface area contributed by atoms with E-state index in [1.807, 2.05) is 18.2 Å². The van der Waals surface area contributed by atoms with Crippen LogP contribution >= 0.6 is 0 Å². The van der Waals surface area contributed by atoms with E-state index in [1.165, 1.54) is 0 Å². The lowest BCUT2D eigenvalue weighted by Crippen LogP contribution is -2.53. The average Bonchev–Trinajstić information content (AvgIpc) is 3.13. The maximum atomic E-state index is 13.2. The molecule has 2 saturated heterocycles. The molecule has 1 aliphatic carbocycles. The molecular weight excluding hydrogens is 398 g/mol. The molecule has 1 saturated carbocycles. The first-order valence-electron chi connectivity index (χ1n) is 10.8. The largest absolute Gasteiger partial charge is 0.484 e. The number of benzene rings is 1. The van der Waals surface area contributed by atoms with Crippen molar-refractivity contribution >= 4 is 24.0 Å². The van der Waals surface area contributed by atoms with E-state index in [4.69, 9.17) is 4.74 Å². The SMILES string of the molecule is CC1(C)[C@@H]2[C@@H](C(=O)N[C@H](C=O)C[C@@H]3CCNC3=O)N(C(=O)COc3ccccc3)C[C@@H]21. The number of hydrogen-bond acceptors (Lipinski definition) is 5. The number of carbonyl (C=O) groups excluding carboxylic acids is 4. The highest BCUT2D eigenvalue weighted by Gasteiger charge is 2.69. The highest BCUT2D eigenvalue weighted by molar-refractivity contribution is 5.91. The molecule has 0 unspecified atom stereocenters. The first-order valence-corrected chi connectivity index (χ1v) is 10.8. The van der Waals surface area contributed by atoms with Crippen LogP contribution in [0.5, 0.6) is 5.75 Å². The summed E-state index contributed by atoms with van der Waals surface area (Å²) in [5.74, 6) is -0.0419. The first kappa shape index (κ1) is 21.3. The van der Waals surface area contributed by atoms with Crippen molar-refractivity contribution < 1.29 is 23.9 Å². The molecule has 3 aliphatic rings. The van der Waals surface area contributed by atoms with Crippen molar-refractivity contribution in [3.8, 4) is 5.75 Å². The molecule has 8 nitrogen and oxygen atoms in total. The summed E-state index contributed by atoms with van der Waals surface area (Å²) in [6, 6.07) is 7.68. The van der Waals surface area contributed by atoms with Crippen LogP contribution in [0.4, 0.5) is 0 Å². The molecule has 2 heterocycles. The van der Waals surface area contributed by atoms with Crippen LogP contribution in [0.1, 0.15) is 26.7 Å². The van der Waals surface area contributed by atoms with Crippen molar-refractivity contribution in [3.63, 3.8) is 0 Å². The third kappa shape index (κ3) is 4.16. The molecule has 31 heavy (non-hydrogen) atoms. The van der Waals surface area contributed by atoms with Crippen LogP contribution in [0.25, 0.3) is 0 Å². The van der Waals surface area contributed by atoms with Crippen LogP contribution in [0, 0.1) is 23.2 Å². The van der Waals surface area contributed by atoms with E-state index in [0.29, 0.717) is 31.5 Å². The summed E-state index contributed by atoms with van der Waals surface area (Å²) < 4.78 is 5.59. The number of nitrogens with zero attached hydrogens (tertiary/aromatic N) is 1. The van der Waals surface area contributed by atoms with Gasteiger partial charge in [0.05, 0.1) is 6.04 Å². The highest BCUT2D eigenvalue weighted by atomic mass is 16.5. The molecule has 8 heteroatoms. The van der Waals surface area contributed by atoms with Gasteiger partial charge in [0.2, 0.25) is 11.8 Å². The minimum absolute atomic E-state index is 0.0267. The number of para-hydroxylation sites is 1. The lowest BCUT2D eigenvalue weighted by molar-refractivity contribution is -0.142. The molecule has 166 valence electrons. The monoisotopic (exact) mass is 427 g/mol. The van der Waals surface area contributed by atoms with Crippen LogP contribution in [-0.2, 0) is 19.2 Å². The number of nitrogens with one attached hydrogen (secondary N) is 2. The molecule has 1 aromatic rings. The Bertz CT molecular complexity index is 871. The van der Waals surface area contributed by atoms with Crippen molar-refractivity contribution in [2.75, 3.05) is 19.7 Å². The quantitative estimate of drug-likeness (QED) is 0.596. The average molecular weight is 428 g/mol. The number of aldehydes is 1. The van der Waals surface area contributed by atoms with Crippen molar-refractivity contribution in [1.29, 1.82) is 0 Å². The summed E-state index contributed by atoms with van der Waals surface area (Å²) in [6.45, 7) is 5.15. The van der Waals surface area contributed by atoms with Crippen molar-refractivity contribution in [1.82, 2.24) is 15.5 Å². The van der Waals surface area contributed by atoms with Crippen LogP contribution in [0.3, 0.4) is 0 Å². The molecule has 0 bridgehead atoms. The van der Waals surface area contributed by atoms with E-state index in [1.54, 1.807) is 17.0 Å². The van der Waals surface area contributed by atoms with Gasteiger partial charge in [0.1, 0.15) is 18.1 Å². The number of piperidine rings is 1. The Morgan fingerprint density at radius 1 is 1.32 bits per heavy atom. The van der Waals surface area contributed by atoms with Gasteiger partial charge >= 0.3 is 0 Å². The molecule has 2 N–H and O–H groups in total. The Hall–Kier alpha value is -2.90. The van der Waals surface area contributed by atoms with Gasteiger partial charge in [-0.15, -0.1) is 0 Å². The Kier molecular flexibility index (Phi) is 5.73. The van der Waals surface area contributed by atoms with Crippen molar-refractivity contribution in [2.45, 2.75) is 38.8 Å². The molecule has 4 rings (SSSR count). The van der Waals surface area contributed by atoms with Crippen LogP contribution in [0.15, 0.2) is 30.3 Å². The lowest BCUT2D eigenvalue weighted by Gasteiger charge is -2.31. The zero-order valence-electron chi connectivity index (χ0n) is 17.9. The summed E-state index contributed by atoms with van der Waals surface area (Å²) in [6.07, 6.45) is 1.61. The van der Waals surface area contributed by atoms with Gasteiger partial charge in [-0.3, -0.25) is 14.4 Å². The standard InChI is InChI=1S/C23H29N3O5/c1-23(2)17-11-26(18(28)13-31-16-6-4-3-5-7-16)20(19(17)23)22(30)25-15(12-27)10-14-8-9-24-21(14)29/h3-7,12,14-15,17,19-20H,8-11,13H2,1-2H3,(H,24,29)(H,25,30)/t14-,15-,17-,19-,20-/m0/s1. The maximum Gasteiger partial charge on any atom is 0.261 e. The number of fused-ring (bicyclic) bond motifs is 1. The highest BCUT2D eigenvalue weighted by Crippen LogP contribution is 2.64. The van der Waals surface area contributed by atoms with Gasteiger partial charge in [-0.25, -0.2) is 0 Å². The minimum atomic E-state index is -0.750. The van der Waals surface area contributed by atoms with E-state index in [9.17, 15) is 19.2 Å². The zero-order valence-corrected chi connectivity index (χ0v) is 17.9. The number of hydrogen-bond donors (Lipinski definition) is 2. The summed E-state index contributed by atoms with van der Waals surface area (Å²) in [5.41, 5.74) is -0.0267. The van der Waals surface area contributed by atoms with Gasteiger partial charge in [0.25, 0.3) is 5.91 Å². The van der Waals surface area contributed by atoms with Gasteiger partial charge in [0, 0.05) is 19.0 Å². The number of amides is 3. The first-order chi connectivity index (χ1) is 14.8. The smallest absolute Gasteiger partial charge is 0.261 e. The topological polar surface area (TPSA) is 105 Å². The molecular formula is C23H29N3O5. The van der Waals surface area contributed by atoms with Crippen molar-refractivity contribution in [2.24, 2.45) is 23.2 Å². The fourth-order valence-corrected chi connectivity index (χ4v) is 5.18. The van der Waals surface area contributed by atoms with Crippen LogP contribution < -0.4 is 15.4 Å². The van der Waals surface area contributed by atoms with E-state index in [2.05, 4.69) is 24.5 Å². The normalized spacial score (nSPS) is 29.0. The summed E-state index contributed by atoms with van der Waals surface area (Å²) in [4.78, 5) is 51.1. The van der Waals surface area contributed by atoms with Gasteiger partial charge in [-0.05, 0) is 42.2 Å². The number of ether oxygens (including phenoxy) is 1. The van der Waals surface area contributed by atoms with Crippen LogP contribution in [-0.4, -0.2) is 60.7 Å². The van der Waals surface area contributed by atoms with Crippen molar-refractivity contribution in [3.05, 3.63) is 30.3 Å². The maximum absolute atomic E-state index is 13.2. The molecule has 0 aromatic heterocycles. The third-order valence-electron chi connectivity index (χ3n) is 7.10. The second-order valence-electron chi connectivity index (χ2n) is 9.31. The van der Waals surface area contributed by atoms with Gasteiger partial charge < -0.3 is 25.1 Å². The second-order valence-corrected chi connectivity index (χ2v) is 9.31. The fraction of sp³-hybridized carbons (Fsp3) is 0.565. The molecule has 5 atom stereocenters. The zero-order chi connectivity index (χ0) is 22.2. The Morgan fingerprint density at radius 3 is 2.71 bits per heavy atom. The third-order valence-corrected chi connectivity index (χ3v) is 7.10. The van der Waals surface area contributed by atoms with Crippen LogP contribution in [0.2, 0.25) is 0 Å². The Balaban J connectivity index is 1.41.